The van der Waals surface area contributed by atoms with E-state index in [1.165, 1.54) is 0 Å². The smallest absolute Gasteiger partial charge is 0.194 e. The summed E-state index contributed by atoms with van der Waals surface area (Å²) in [6.45, 7) is 3.51. The second-order valence-corrected chi connectivity index (χ2v) is 6.19. The fraction of sp³-hybridized carbons (Fsp3) is 0.368. The number of hydrogen-bond donors (Lipinski definition) is 0. The van der Waals surface area contributed by atoms with Gasteiger partial charge in [0.05, 0.1) is 13.2 Å². The maximum absolute atomic E-state index is 13.3. The lowest BCUT2D eigenvalue weighted by atomic mass is 10.0. The molecule has 0 atom stereocenters. The molecule has 1 aliphatic rings. The Morgan fingerprint density at radius 2 is 1.50 bits per heavy atom. The molecular formula is C19H19F3O2. The van der Waals surface area contributed by atoms with Crippen LogP contribution in [-0.2, 0) is 15.9 Å². The van der Waals surface area contributed by atoms with Gasteiger partial charge in [-0.25, -0.2) is 13.2 Å². The van der Waals surface area contributed by atoms with Gasteiger partial charge in [-0.05, 0) is 35.2 Å². The molecule has 1 heterocycles. The van der Waals surface area contributed by atoms with Crippen LogP contribution < -0.4 is 0 Å². The molecule has 0 unspecified atom stereocenters. The van der Waals surface area contributed by atoms with Crippen molar-refractivity contribution in [3.8, 4) is 11.1 Å². The van der Waals surface area contributed by atoms with Gasteiger partial charge in [-0.3, -0.25) is 0 Å². The summed E-state index contributed by atoms with van der Waals surface area (Å²) >= 11 is 0. The van der Waals surface area contributed by atoms with Crippen LogP contribution in [0.1, 0.15) is 18.9 Å². The average molecular weight is 336 g/mol. The summed E-state index contributed by atoms with van der Waals surface area (Å²) in [7, 11) is 0. The first-order valence-corrected chi connectivity index (χ1v) is 8.00. The fourth-order valence-corrected chi connectivity index (χ4v) is 2.68. The van der Waals surface area contributed by atoms with E-state index in [-0.39, 0.29) is 6.29 Å². The van der Waals surface area contributed by atoms with E-state index in [9.17, 15) is 13.2 Å². The van der Waals surface area contributed by atoms with E-state index in [0.29, 0.717) is 30.3 Å². The summed E-state index contributed by atoms with van der Waals surface area (Å²) in [6.07, 6.45) is 1.36. The quantitative estimate of drug-likeness (QED) is 0.753. The van der Waals surface area contributed by atoms with Gasteiger partial charge in [-0.2, -0.15) is 0 Å². The summed E-state index contributed by atoms with van der Waals surface area (Å²) in [4.78, 5) is 0. The van der Waals surface area contributed by atoms with E-state index >= 15 is 0 Å². The van der Waals surface area contributed by atoms with Gasteiger partial charge < -0.3 is 9.47 Å². The fourth-order valence-electron chi connectivity index (χ4n) is 2.68. The van der Waals surface area contributed by atoms with E-state index in [2.05, 4.69) is 6.92 Å². The van der Waals surface area contributed by atoms with Gasteiger partial charge in [-0.15, -0.1) is 0 Å². The minimum absolute atomic E-state index is 0.179. The Balaban J connectivity index is 1.63. The second-order valence-electron chi connectivity index (χ2n) is 6.19. The van der Waals surface area contributed by atoms with Crippen molar-refractivity contribution in [3.05, 3.63) is 59.4 Å². The SMILES string of the molecule is CC1COC(CCc2ccc(-c3cc(F)c(F)c(F)c3)cc2)OC1. The van der Waals surface area contributed by atoms with E-state index < -0.39 is 17.5 Å². The standard InChI is InChI=1S/C19H19F3O2/c1-12-10-23-18(24-11-12)7-4-13-2-5-14(6-3-13)15-8-16(20)19(22)17(21)9-15/h2-3,5-6,8-9,12,18H,4,7,10-11H2,1H3. The lowest BCUT2D eigenvalue weighted by Crippen LogP contribution is -2.30. The molecule has 3 rings (SSSR count). The molecule has 0 N–H and O–H groups in total. The van der Waals surface area contributed by atoms with Gasteiger partial charge in [0.15, 0.2) is 23.7 Å². The molecule has 0 aromatic heterocycles. The highest BCUT2D eigenvalue weighted by molar-refractivity contribution is 5.63. The summed E-state index contributed by atoms with van der Waals surface area (Å²) in [5, 5.41) is 0. The first kappa shape index (κ1) is 17.0. The molecule has 1 saturated heterocycles. The summed E-state index contributed by atoms with van der Waals surface area (Å²) in [6, 6.07) is 9.31. The zero-order valence-electron chi connectivity index (χ0n) is 13.4. The highest BCUT2D eigenvalue weighted by atomic mass is 19.2. The molecular weight excluding hydrogens is 317 g/mol. The van der Waals surface area contributed by atoms with Crippen molar-refractivity contribution in [1.29, 1.82) is 0 Å². The van der Waals surface area contributed by atoms with Crippen molar-refractivity contribution in [2.75, 3.05) is 13.2 Å². The average Bonchev–Trinajstić information content (AvgIpc) is 2.59. The molecule has 2 aromatic rings. The Bertz CT molecular complexity index is 669. The topological polar surface area (TPSA) is 18.5 Å². The minimum Gasteiger partial charge on any atom is -0.352 e. The monoisotopic (exact) mass is 336 g/mol. The predicted octanol–water partition coefficient (Wildman–Crippen LogP) is 4.71. The maximum atomic E-state index is 13.3. The molecule has 24 heavy (non-hydrogen) atoms. The van der Waals surface area contributed by atoms with Gasteiger partial charge in [0.1, 0.15) is 0 Å². The van der Waals surface area contributed by atoms with Crippen molar-refractivity contribution < 1.29 is 22.6 Å². The van der Waals surface area contributed by atoms with Crippen molar-refractivity contribution >= 4 is 0 Å². The Labute approximate surface area is 139 Å². The highest BCUT2D eigenvalue weighted by Gasteiger charge is 2.18. The van der Waals surface area contributed by atoms with Crippen molar-refractivity contribution in [1.82, 2.24) is 0 Å². The van der Waals surface area contributed by atoms with Gasteiger partial charge in [0.25, 0.3) is 0 Å². The van der Waals surface area contributed by atoms with E-state index in [1.54, 1.807) is 12.1 Å². The van der Waals surface area contributed by atoms with Gasteiger partial charge in [0, 0.05) is 12.3 Å². The molecule has 0 radical (unpaired) electrons. The molecule has 5 heteroatoms. The van der Waals surface area contributed by atoms with Crippen LogP contribution in [0.2, 0.25) is 0 Å². The molecule has 1 fully saturated rings. The maximum Gasteiger partial charge on any atom is 0.194 e. The van der Waals surface area contributed by atoms with Gasteiger partial charge >= 0.3 is 0 Å². The van der Waals surface area contributed by atoms with Crippen molar-refractivity contribution in [2.24, 2.45) is 5.92 Å². The molecule has 0 bridgehead atoms. The lowest BCUT2D eigenvalue weighted by Gasteiger charge is -2.27. The van der Waals surface area contributed by atoms with E-state index in [1.807, 2.05) is 12.1 Å². The molecule has 2 nitrogen and oxygen atoms in total. The largest absolute Gasteiger partial charge is 0.352 e. The number of hydrogen-bond acceptors (Lipinski definition) is 2. The van der Waals surface area contributed by atoms with Crippen LogP contribution in [0.15, 0.2) is 36.4 Å². The number of halogens is 3. The first-order valence-electron chi connectivity index (χ1n) is 8.00. The van der Waals surface area contributed by atoms with Crippen molar-refractivity contribution in [2.45, 2.75) is 26.1 Å². The molecule has 0 amide bonds. The van der Waals surface area contributed by atoms with Crippen molar-refractivity contribution in [3.63, 3.8) is 0 Å². The molecule has 0 aliphatic carbocycles. The minimum atomic E-state index is -1.45. The Hall–Kier alpha value is -1.85. The number of ether oxygens (including phenoxy) is 2. The summed E-state index contributed by atoms with van der Waals surface area (Å²) < 4.78 is 50.9. The predicted molar refractivity (Wildman–Crippen MR) is 84.9 cm³/mol. The lowest BCUT2D eigenvalue weighted by molar-refractivity contribution is -0.199. The normalized spacial score (nSPS) is 21.0. The molecule has 128 valence electrons. The number of benzene rings is 2. The molecule has 1 aliphatic heterocycles. The molecule has 2 aromatic carbocycles. The zero-order chi connectivity index (χ0) is 17.1. The first-order chi connectivity index (χ1) is 11.5. The van der Waals surface area contributed by atoms with Crippen LogP contribution in [-0.4, -0.2) is 19.5 Å². The molecule has 0 saturated carbocycles. The third-order valence-electron chi connectivity index (χ3n) is 4.07. The van der Waals surface area contributed by atoms with Crippen LogP contribution in [0.4, 0.5) is 13.2 Å². The molecule has 0 spiro atoms. The summed E-state index contributed by atoms with van der Waals surface area (Å²) in [5.74, 6) is -3.39. The van der Waals surface area contributed by atoms with Crippen LogP contribution in [0.25, 0.3) is 11.1 Å². The third kappa shape index (κ3) is 3.97. The summed E-state index contributed by atoms with van der Waals surface area (Å²) in [5.41, 5.74) is 2.02. The van der Waals surface area contributed by atoms with Crippen LogP contribution in [0.5, 0.6) is 0 Å². The van der Waals surface area contributed by atoms with Gasteiger partial charge in [0.2, 0.25) is 0 Å². The Morgan fingerprint density at radius 1 is 0.917 bits per heavy atom. The third-order valence-corrected chi connectivity index (χ3v) is 4.07. The van der Waals surface area contributed by atoms with E-state index in [0.717, 1.165) is 30.5 Å². The van der Waals surface area contributed by atoms with Crippen LogP contribution in [0, 0.1) is 23.4 Å². The highest BCUT2D eigenvalue weighted by Crippen LogP contribution is 2.25. The Kier molecular flexibility index (Phi) is 5.21. The number of rotatable bonds is 4. The zero-order valence-corrected chi connectivity index (χ0v) is 13.4. The van der Waals surface area contributed by atoms with Crippen LogP contribution in [0.3, 0.4) is 0 Å². The van der Waals surface area contributed by atoms with E-state index in [4.69, 9.17) is 9.47 Å². The number of aryl methyl sites for hydroxylation is 1. The second kappa shape index (κ2) is 7.36. The van der Waals surface area contributed by atoms with Crippen LogP contribution >= 0.6 is 0 Å². The van der Waals surface area contributed by atoms with Gasteiger partial charge in [-0.1, -0.05) is 31.2 Å². The Morgan fingerprint density at radius 3 is 2.08 bits per heavy atom.